The van der Waals surface area contributed by atoms with Gasteiger partial charge in [-0.25, -0.2) is 0 Å². The van der Waals surface area contributed by atoms with Crippen molar-refractivity contribution in [2.24, 2.45) is 5.73 Å². The summed E-state index contributed by atoms with van der Waals surface area (Å²) in [6.07, 6.45) is 2.93. The lowest BCUT2D eigenvalue weighted by molar-refractivity contribution is 0.308. The van der Waals surface area contributed by atoms with Gasteiger partial charge in [0, 0.05) is 26.2 Å². The molecule has 1 aliphatic rings. The van der Waals surface area contributed by atoms with Crippen LogP contribution in [0.5, 0.6) is 0 Å². The fraction of sp³-hybridized carbons (Fsp3) is 0.818. The average molecular weight is 271 g/mol. The number of nitrogens with zero attached hydrogens (tertiary/aromatic N) is 4. The Hall–Kier alpha value is -0.790. The molecule has 6 nitrogen and oxygen atoms in total. The fourth-order valence-electron chi connectivity index (χ4n) is 1.88. The molecule has 2 heterocycles. The number of aromatic nitrogens is 2. The second-order valence-corrected chi connectivity index (χ2v) is 5.60. The molecule has 1 atom stereocenters. The van der Waals surface area contributed by atoms with Crippen LogP contribution in [-0.4, -0.2) is 60.3 Å². The molecule has 2 N–H and O–H groups in total. The van der Waals surface area contributed by atoms with Gasteiger partial charge >= 0.3 is 0 Å². The molecule has 0 spiro atoms. The Balaban J connectivity index is 1.93. The van der Waals surface area contributed by atoms with Crippen LogP contribution in [0.15, 0.2) is 4.52 Å². The summed E-state index contributed by atoms with van der Waals surface area (Å²) in [5, 5.41) is 4.03. The zero-order valence-electron chi connectivity index (χ0n) is 11.0. The summed E-state index contributed by atoms with van der Waals surface area (Å²) in [6.45, 7) is 3.94. The molecular weight excluding hydrogens is 250 g/mol. The minimum atomic E-state index is -0.147. The van der Waals surface area contributed by atoms with Gasteiger partial charge in [-0.1, -0.05) is 0 Å². The number of nitrogens with two attached hydrogens (primary N) is 1. The molecule has 0 saturated carbocycles. The van der Waals surface area contributed by atoms with Crippen molar-refractivity contribution in [2.75, 3.05) is 50.1 Å². The minimum Gasteiger partial charge on any atom is -0.336 e. The standard InChI is InChI=1S/C11H21N5OS/c1-15-4-6-16(7-5-15)11-13-10(17-14-11)9(12)3-8-18-2/h9H,3-8,12H2,1-2H3/t9-/m1/s1. The van der Waals surface area contributed by atoms with Gasteiger partial charge in [0.1, 0.15) is 0 Å². The van der Waals surface area contributed by atoms with Crippen LogP contribution in [0.4, 0.5) is 5.95 Å². The smallest absolute Gasteiger partial charge is 0.266 e. The molecule has 0 aromatic carbocycles. The SMILES string of the molecule is CSCC[C@@H](N)c1nc(N2CCN(C)CC2)no1. The monoisotopic (exact) mass is 271 g/mol. The molecule has 1 aliphatic heterocycles. The van der Waals surface area contributed by atoms with Crippen molar-refractivity contribution in [3.63, 3.8) is 0 Å². The largest absolute Gasteiger partial charge is 0.336 e. The third-order valence-electron chi connectivity index (χ3n) is 3.17. The Bertz CT molecular complexity index is 364. The van der Waals surface area contributed by atoms with Crippen LogP contribution in [-0.2, 0) is 0 Å². The van der Waals surface area contributed by atoms with Crippen LogP contribution in [0, 0.1) is 0 Å². The maximum absolute atomic E-state index is 6.01. The predicted octanol–water partition coefficient (Wildman–Crippen LogP) is 0.574. The van der Waals surface area contributed by atoms with Crippen LogP contribution < -0.4 is 10.6 Å². The molecule has 2 rings (SSSR count). The highest BCUT2D eigenvalue weighted by molar-refractivity contribution is 7.98. The number of thioether (sulfide) groups is 1. The minimum absolute atomic E-state index is 0.147. The molecule has 1 saturated heterocycles. The number of piperazine rings is 1. The summed E-state index contributed by atoms with van der Waals surface area (Å²) in [6, 6.07) is -0.147. The molecule has 0 bridgehead atoms. The normalized spacial score (nSPS) is 19.2. The van der Waals surface area contributed by atoms with Gasteiger partial charge in [-0.15, -0.1) is 0 Å². The first kappa shape index (κ1) is 13.6. The Morgan fingerprint density at radius 2 is 2.11 bits per heavy atom. The highest BCUT2D eigenvalue weighted by Gasteiger charge is 2.21. The highest BCUT2D eigenvalue weighted by Crippen LogP contribution is 2.18. The highest BCUT2D eigenvalue weighted by atomic mass is 32.2. The van der Waals surface area contributed by atoms with E-state index in [4.69, 9.17) is 10.3 Å². The fourth-order valence-corrected chi connectivity index (χ4v) is 2.37. The van der Waals surface area contributed by atoms with E-state index in [9.17, 15) is 0 Å². The van der Waals surface area contributed by atoms with Crippen LogP contribution in [0.3, 0.4) is 0 Å². The number of likely N-dealkylation sites (N-methyl/N-ethyl adjacent to an activating group) is 1. The van der Waals surface area contributed by atoms with Crippen molar-refractivity contribution >= 4 is 17.7 Å². The van der Waals surface area contributed by atoms with Crippen molar-refractivity contribution in [2.45, 2.75) is 12.5 Å². The summed E-state index contributed by atoms with van der Waals surface area (Å²) in [4.78, 5) is 8.85. The van der Waals surface area contributed by atoms with Crippen molar-refractivity contribution in [1.29, 1.82) is 0 Å². The van der Waals surface area contributed by atoms with E-state index < -0.39 is 0 Å². The first-order valence-corrected chi connectivity index (χ1v) is 7.61. The quantitative estimate of drug-likeness (QED) is 0.839. The number of anilines is 1. The molecule has 0 aliphatic carbocycles. The Kier molecular flexibility index (Phi) is 4.85. The summed E-state index contributed by atoms with van der Waals surface area (Å²) in [5.74, 6) is 2.24. The maximum atomic E-state index is 6.01. The lowest BCUT2D eigenvalue weighted by Gasteiger charge is -2.31. The second kappa shape index (κ2) is 6.40. The van der Waals surface area contributed by atoms with Gasteiger partial charge in [-0.05, 0) is 30.6 Å². The molecule has 1 aromatic rings. The average Bonchev–Trinajstić information content (AvgIpc) is 2.86. The van der Waals surface area contributed by atoms with Gasteiger partial charge in [0.05, 0.1) is 6.04 Å². The first-order valence-electron chi connectivity index (χ1n) is 6.22. The van der Waals surface area contributed by atoms with Gasteiger partial charge < -0.3 is 20.1 Å². The molecular formula is C11H21N5OS. The maximum Gasteiger partial charge on any atom is 0.266 e. The Morgan fingerprint density at radius 3 is 2.78 bits per heavy atom. The molecule has 102 valence electrons. The molecule has 7 heteroatoms. The van der Waals surface area contributed by atoms with Crippen LogP contribution >= 0.6 is 11.8 Å². The van der Waals surface area contributed by atoms with E-state index in [-0.39, 0.29) is 6.04 Å². The number of hydrogen-bond acceptors (Lipinski definition) is 7. The lowest BCUT2D eigenvalue weighted by atomic mass is 10.2. The van der Waals surface area contributed by atoms with Crippen molar-refractivity contribution in [1.82, 2.24) is 15.0 Å². The summed E-state index contributed by atoms with van der Waals surface area (Å²) < 4.78 is 5.25. The topological polar surface area (TPSA) is 71.4 Å². The van der Waals surface area contributed by atoms with Gasteiger partial charge in [0.25, 0.3) is 5.95 Å². The molecule has 0 unspecified atom stereocenters. The zero-order chi connectivity index (χ0) is 13.0. The Labute approximate surface area is 112 Å². The van der Waals surface area contributed by atoms with Crippen LogP contribution in [0.2, 0.25) is 0 Å². The van der Waals surface area contributed by atoms with Gasteiger partial charge in [0.2, 0.25) is 5.89 Å². The number of rotatable bonds is 5. The van der Waals surface area contributed by atoms with E-state index in [0.29, 0.717) is 11.8 Å². The summed E-state index contributed by atoms with van der Waals surface area (Å²) >= 11 is 1.77. The van der Waals surface area contributed by atoms with E-state index in [1.54, 1.807) is 11.8 Å². The third kappa shape index (κ3) is 3.37. The molecule has 1 aromatic heterocycles. The summed E-state index contributed by atoms with van der Waals surface area (Å²) in [5.41, 5.74) is 6.01. The zero-order valence-corrected chi connectivity index (χ0v) is 11.8. The summed E-state index contributed by atoms with van der Waals surface area (Å²) in [7, 11) is 2.12. The van der Waals surface area contributed by atoms with Crippen LogP contribution in [0.1, 0.15) is 18.4 Å². The first-order chi connectivity index (χ1) is 8.70. The van der Waals surface area contributed by atoms with E-state index in [1.807, 2.05) is 0 Å². The Morgan fingerprint density at radius 1 is 1.39 bits per heavy atom. The number of hydrogen-bond donors (Lipinski definition) is 1. The van der Waals surface area contributed by atoms with Crippen molar-refractivity contribution in [3.8, 4) is 0 Å². The van der Waals surface area contributed by atoms with Gasteiger partial charge in [-0.3, -0.25) is 0 Å². The predicted molar refractivity (Wildman–Crippen MR) is 73.9 cm³/mol. The van der Waals surface area contributed by atoms with Crippen LogP contribution in [0.25, 0.3) is 0 Å². The lowest BCUT2D eigenvalue weighted by Crippen LogP contribution is -2.44. The van der Waals surface area contributed by atoms with E-state index in [1.165, 1.54) is 0 Å². The molecule has 1 fully saturated rings. The van der Waals surface area contributed by atoms with E-state index in [2.05, 4.69) is 33.2 Å². The van der Waals surface area contributed by atoms with Gasteiger partial charge in [-0.2, -0.15) is 16.7 Å². The molecule has 0 radical (unpaired) electrons. The van der Waals surface area contributed by atoms with Crippen molar-refractivity contribution < 1.29 is 4.52 Å². The molecule has 0 amide bonds. The van der Waals surface area contributed by atoms with E-state index >= 15 is 0 Å². The second-order valence-electron chi connectivity index (χ2n) is 4.61. The van der Waals surface area contributed by atoms with Crippen molar-refractivity contribution in [3.05, 3.63) is 5.89 Å². The van der Waals surface area contributed by atoms with E-state index in [0.717, 1.165) is 38.4 Å². The molecule has 18 heavy (non-hydrogen) atoms. The van der Waals surface area contributed by atoms with Gasteiger partial charge in [0.15, 0.2) is 0 Å². The third-order valence-corrected chi connectivity index (χ3v) is 3.81.